The van der Waals surface area contributed by atoms with E-state index >= 15 is 0 Å². The molecule has 1 aromatic rings. The summed E-state index contributed by atoms with van der Waals surface area (Å²) in [6.07, 6.45) is 2.73. The molecule has 190 valence electrons. The molecule has 0 aliphatic carbocycles. The van der Waals surface area contributed by atoms with Crippen LogP contribution in [0, 0.1) is 0 Å². The molecule has 1 aromatic carbocycles. The summed E-state index contributed by atoms with van der Waals surface area (Å²) in [6.45, 7) is 9.05. The fourth-order valence-electron chi connectivity index (χ4n) is 2.85. The molecule has 0 aliphatic heterocycles. The minimum Gasteiger partial charge on any atom is -0.467 e. The van der Waals surface area contributed by atoms with Gasteiger partial charge in [0.25, 0.3) is 0 Å². The number of nitrogens with one attached hydrogen (secondary N) is 1. The van der Waals surface area contributed by atoms with Crippen molar-refractivity contribution in [2.45, 2.75) is 91.2 Å². The number of carbonyl (C=O) groups is 4. The van der Waals surface area contributed by atoms with Crippen molar-refractivity contribution in [2.75, 3.05) is 7.11 Å². The molecule has 34 heavy (non-hydrogen) atoms. The van der Waals surface area contributed by atoms with E-state index in [2.05, 4.69) is 5.32 Å². The van der Waals surface area contributed by atoms with Crippen LogP contribution < -0.4 is 14.8 Å². The third-order valence-electron chi connectivity index (χ3n) is 4.54. The molecular formula is C25H37NO8. The Kier molecular flexibility index (Phi) is 12.1. The van der Waals surface area contributed by atoms with Gasteiger partial charge in [-0.25, -0.2) is 9.59 Å². The number of unbranched alkanes of at least 4 members (excludes halogenated alkanes) is 2. The molecule has 0 bridgehead atoms. The SMILES string of the molecule is CCCCC(=O)Oc1ccc(CC(NC(=O)OC(C)(C)C)C(=O)OC)cc1OC(=O)CCCC. The Balaban J connectivity index is 3.12. The Bertz CT molecular complexity index is 844. The van der Waals surface area contributed by atoms with E-state index < -0.39 is 35.6 Å². The first-order chi connectivity index (χ1) is 16.0. The summed E-state index contributed by atoms with van der Waals surface area (Å²) in [5.74, 6) is -1.36. The van der Waals surface area contributed by atoms with Crippen LogP contribution in [0.1, 0.15) is 78.7 Å². The van der Waals surface area contributed by atoms with Crippen molar-refractivity contribution in [1.82, 2.24) is 5.32 Å². The number of hydrogen-bond donors (Lipinski definition) is 1. The van der Waals surface area contributed by atoms with E-state index in [1.54, 1.807) is 26.8 Å². The van der Waals surface area contributed by atoms with Crippen LogP contribution >= 0.6 is 0 Å². The molecular weight excluding hydrogens is 442 g/mol. The van der Waals surface area contributed by atoms with Crippen LogP contribution in [-0.2, 0) is 30.3 Å². The highest BCUT2D eigenvalue weighted by molar-refractivity contribution is 5.82. The Morgan fingerprint density at radius 3 is 1.97 bits per heavy atom. The van der Waals surface area contributed by atoms with Crippen LogP contribution in [0.25, 0.3) is 0 Å². The van der Waals surface area contributed by atoms with Crippen molar-refractivity contribution in [3.05, 3.63) is 23.8 Å². The van der Waals surface area contributed by atoms with E-state index in [1.165, 1.54) is 19.2 Å². The van der Waals surface area contributed by atoms with Gasteiger partial charge in [-0.2, -0.15) is 0 Å². The van der Waals surface area contributed by atoms with E-state index in [1.807, 2.05) is 13.8 Å². The molecule has 0 fully saturated rings. The summed E-state index contributed by atoms with van der Waals surface area (Å²) in [7, 11) is 1.21. The standard InChI is InChI=1S/C25H37NO8/c1-7-9-11-21(27)32-19-14-13-17(16-20(19)33-22(28)12-10-8-2)15-18(23(29)31-6)26-24(30)34-25(3,4)5/h13-14,16,18H,7-12,15H2,1-6H3,(H,26,30). The summed E-state index contributed by atoms with van der Waals surface area (Å²) < 4.78 is 20.9. The maximum atomic E-state index is 12.3. The van der Waals surface area contributed by atoms with Crippen molar-refractivity contribution < 1.29 is 38.1 Å². The third-order valence-corrected chi connectivity index (χ3v) is 4.54. The van der Waals surface area contributed by atoms with E-state index in [0.717, 1.165) is 12.8 Å². The first kappa shape index (κ1) is 28.9. The van der Waals surface area contributed by atoms with E-state index in [-0.39, 0.29) is 30.8 Å². The minimum absolute atomic E-state index is 0.0372. The molecule has 0 aromatic heterocycles. The smallest absolute Gasteiger partial charge is 0.408 e. The van der Waals surface area contributed by atoms with Gasteiger partial charge in [0.2, 0.25) is 0 Å². The first-order valence-corrected chi connectivity index (χ1v) is 11.6. The highest BCUT2D eigenvalue weighted by atomic mass is 16.6. The Hall–Kier alpha value is -3.10. The number of hydrogen-bond acceptors (Lipinski definition) is 8. The molecule has 9 nitrogen and oxygen atoms in total. The van der Waals surface area contributed by atoms with Gasteiger partial charge in [-0.1, -0.05) is 32.8 Å². The minimum atomic E-state index is -1.04. The number of ether oxygens (including phenoxy) is 4. The molecule has 0 radical (unpaired) electrons. The zero-order valence-electron chi connectivity index (χ0n) is 21.0. The summed E-state index contributed by atoms with van der Waals surface area (Å²) in [4.78, 5) is 48.8. The molecule has 0 aliphatic rings. The molecule has 0 heterocycles. The zero-order valence-corrected chi connectivity index (χ0v) is 21.0. The first-order valence-electron chi connectivity index (χ1n) is 11.6. The number of rotatable bonds is 12. The molecule has 0 saturated carbocycles. The van der Waals surface area contributed by atoms with Gasteiger partial charge in [-0.3, -0.25) is 9.59 Å². The number of carbonyl (C=O) groups excluding carboxylic acids is 4. The van der Waals surface area contributed by atoms with Crippen LogP contribution in [0.2, 0.25) is 0 Å². The molecule has 9 heteroatoms. The van der Waals surface area contributed by atoms with Crippen molar-refractivity contribution >= 4 is 24.0 Å². The highest BCUT2D eigenvalue weighted by Crippen LogP contribution is 2.30. The number of amides is 1. The third kappa shape index (κ3) is 11.2. The van der Waals surface area contributed by atoms with Gasteiger partial charge in [0.15, 0.2) is 11.5 Å². The van der Waals surface area contributed by atoms with Crippen molar-refractivity contribution in [3.63, 3.8) is 0 Å². The van der Waals surface area contributed by atoms with Crippen LogP contribution in [0.3, 0.4) is 0 Å². The number of esters is 3. The number of benzene rings is 1. The predicted molar refractivity (Wildman–Crippen MR) is 126 cm³/mol. The second-order valence-corrected chi connectivity index (χ2v) is 8.86. The Labute approximate surface area is 201 Å². The molecule has 1 rings (SSSR count). The summed E-state index contributed by atoms with van der Waals surface area (Å²) in [5, 5.41) is 2.50. The topological polar surface area (TPSA) is 117 Å². The van der Waals surface area contributed by atoms with Crippen molar-refractivity contribution in [2.24, 2.45) is 0 Å². The van der Waals surface area contributed by atoms with Crippen LogP contribution in [0.15, 0.2) is 18.2 Å². The lowest BCUT2D eigenvalue weighted by Gasteiger charge is -2.22. The van der Waals surface area contributed by atoms with Gasteiger partial charge in [0, 0.05) is 19.3 Å². The van der Waals surface area contributed by atoms with Gasteiger partial charge < -0.3 is 24.3 Å². The highest BCUT2D eigenvalue weighted by Gasteiger charge is 2.26. The van der Waals surface area contributed by atoms with Gasteiger partial charge in [-0.05, 0) is 51.3 Å². The fraction of sp³-hybridized carbons (Fsp3) is 0.600. The van der Waals surface area contributed by atoms with Crippen LogP contribution in [0.4, 0.5) is 4.79 Å². The average Bonchev–Trinajstić information content (AvgIpc) is 2.75. The van der Waals surface area contributed by atoms with E-state index in [4.69, 9.17) is 18.9 Å². The zero-order chi connectivity index (χ0) is 25.7. The number of alkyl carbamates (subject to hydrolysis) is 1. The quantitative estimate of drug-likeness (QED) is 0.344. The molecule has 1 unspecified atom stereocenters. The maximum Gasteiger partial charge on any atom is 0.408 e. The summed E-state index contributed by atoms with van der Waals surface area (Å²) in [6, 6.07) is 3.60. The molecule has 0 saturated heterocycles. The second-order valence-electron chi connectivity index (χ2n) is 8.86. The Morgan fingerprint density at radius 1 is 0.912 bits per heavy atom. The summed E-state index contributed by atoms with van der Waals surface area (Å²) in [5.41, 5.74) is -0.188. The van der Waals surface area contributed by atoms with E-state index in [0.29, 0.717) is 18.4 Å². The van der Waals surface area contributed by atoms with Gasteiger partial charge >= 0.3 is 24.0 Å². The van der Waals surface area contributed by atoms with Gasteiger partial charge in [-0.15, -0.1) is 0 Å². The molecule has 1 N–H and O–H groups in total. The lowest BCUT2D eigenvalue weighted by molar-refractivity contribution is -0.143. The lowest BCUT2D eigenvalue weighted by Crippen LogP contribution is -2.45. The normalized spacial score (nSPS) is 11.8. The van der Waals surface area contributed by atoms with E-state index in [9.17, 15) is 19.2 Å². The van der Waals surface area contributed by atoms with Gasteiger partial charge in [0.05, 0.1) is 7.11 Å². The number of methoxy groups -OCH3 is 1. The van der Waals surface area contributed by atoms with Crippen LogP contribution in [0.5, 0.6) is 11.5 Å². The lowest BCUT2D eigenvalue weighted by atomic mass is 10.1. The summed E-state index contributed by atoms with van der Waals surface area (Å²) >= 11 is 0. The molecule has 1 amide bonds. The molecule has 1 atom stereocenters. The average molecular weight is 480 g/mol. The Morgan fingerprint density at radius 2 is 1.47 bits per heavy atom. The van der Waals surface area contributed by atoms with Crippen molar-refractivity contribution in [3.8, 4) is 11.5 Å². The molecule has 0 spiro atoms. The van der Waals surface area contributed by atoms with Crippen molar-refractivity contribution in [1.29, 1.82) is 0 Å². The monoisotopic (exact) mass is 479 g/mol. The fourth-order valence-corrected chi connectivity index (χ4v) is 2.85. The maximum absolute atomic E-state index is 12.3. The second kappa shape index (κ2) is 14.2. The largest absolute Gasteiger partial charge is 0.467 e. The predicted octanol–water partition coefficient (Wildman–Crippen LogP) is 4.49. The van der Waals surface area contributed by atoms with Gasteiger partial charge in [0.1, 0.15) is 11.6 Å². The van der Waals surface area contributed by atoms with Crippen LogP contribution in [-0.4, -0.2) is 42.8 Å².